The van der Waals surface area contributed by atoms with Crippen LogP contribution in [-0.4, -0.2) is 15.0 Å². The maximum Gasteiger partial charge on any atom is 0.296 e. The molecule has 0 spiro atoms. The van der Waals surface area contributed by atoms with Gasteiger partial charge >= 0.3 is 0 Å². The average Bonchev–Trinajstić information content (AvgIpc) is 3.45. The van der Waals surface area contributed by atoms with Crippen LogP contribution in [0.3, 0.4) is 0 Å². The van der Waals surface area contributed by atoms with Gasteiger partial charge in [0.05, 0.1) is 11.5 Å². The third-order valence-electron chi connectivity index (χ3n) is 6.26. The summed E-state index contributed by atoms with van der Waals surface area (Å²) in [5.41, 5.74) is 1.05. The Morgan fingerprint density at radius 1 is 0.793 bits per heavy atom. The van der Waals surface area contributed by atoms with Gasteiger partial charge in [-0.05, 0) is 43.7 Å². The fourth-order valence-electron chi connectivity index (χ4n) is 4.18. The van der Waals surface area contributed by atoms with E-state index in [1.807, 2.05) is 6.92 Å². The van der Waals surface area contributed by atoms with Crippen LogP contribution < -0.4 is 0 Å². The van der Waals surface area contributed by atoms with E-state index in [-0.39, 0.29) is 4.90 Å². The fraction of sp³-hybridized carbons (Fsp3) is 0.760. The second-order valence-corrected chi connectivity index (χ2v) is 10.6. The second kappa shape index (κ2) is 13.4. The zero-order valence-electron chi connectivity index (χ0n) is 18.7. The highest BCUT2D eigenvalue weighted by molar-refractivity contribution is 7.86. The maximum atomic E-state index is 12.1. The van der Waals surface area contributed by atoms with Crippen molar-refractivity contribution >= 4 is 10.1 Å². The van der Waals surface area contributed by atoms with Crippen molar-refractivity contribution in [1.82, 2.24) is 0 Å². The predicted octanol–water partition coefficient (Wildman–Crippen LogP) is 7.43. The first-order valence-electron chi connectivity index (χ1n) is 12.0. The maximum absolute atomic E-state index is 12.1. The third-order valence-corrected chi connectivity index (χ3v) is 7.59. The molecule has 1 aromatic carbocycles. The van der Waals surface area contributed by atoms with E-state index in [4.69, 9.17) is 4.18 Å². The van der Waals surface area contributed by atoms with Gasteiger partial charge in [0.15, 0.2) is 0 Å². The Hall–Kier alpha value is -0.870. The topological polar surface area (TPSA) is 43.4 Å². The summed E-state index contributed by atoms with van der Waals surface area (Å²) in [6.07, 6.45) is 18.5. The van der Waals surface area contributed by atoms with Gasteiger partial charge in [-0.15, -0.1) is 0 Å². The Morgan fingerprint density at radius 2 is 1.31 bits per heavy atom. The van der Waals surface area contributed by atoms with Crippen molar-refractivity contribution < 1.29 is 12.6 Å². The lowest BCUT2D eigenvalue weighted by Crippen LogP contribution is -2.07. The van der Waals surface area contributed by atoms with Crippen molar-refractivity contribution in [2.45, 2.75) is 109 Å². The Labute approximate surface area is 179 Å². The van der Waals surface area contributed by atoms with E-state index < -0.39 is 10.1 Å². The lowest BCUT2D eigenvalue weighted by molar-refractivity contribution is 0.305. The molecule has 0 radical (unpaired) electrons. The van der Waals surface area contributed by atoms with E-state index >= 15 is 0 Å². The van der Waals surface area contributed by atoms with Gasteiger partial charge in [-0.3, -0.25) is 4.18 Å². The SMILES string of the molecule is CCCCCCCCCC[C@@H]1C[C@@H]1CCCCCOS(=O)(=O)c1ccc(C)cc1. The molecule has 2 atom stereocenters. The van der Waals surface area contributed by atoms with Crippen LogP contribution in [0.15, 0.2) is 29.2 Å². The molecule has 0 heterocycles. The van der Waals surface area contributed by atoms with Crippen LogP contribution in [0.2, 0.25) is 0 Å². The molecule has 0 aliphatic heterocycles. The van der Waals surface area contributed by atoms with E-state index in [1.165, 1.54) is 77.0 Å². The van der Waals surface area contributed by atoms with Gasteiger partial charge in [0.25, 0.3) is 10.1 Å². The number of rotatable bonds is 17. The summed E-state index contributed by atoms with van der Waals surface area (Å²) in [7, 11) is -3.60. The zero-order chi connectivity index (χ0) is 21.0. The minimum absolute atomic E-state index is 0.255. The van der Waals surface area contributed by atoms with Gasteiger partial charge in [-0.1, -0.05) is 102 Å². The molecule has 2 rings (SSSR count). The van der Waals surface area contributed by atoms with E-state index in [2.05, 4.69) is 6.92 Å². The van der Waals surface area contributed by atoms with Gasteiger partial charge in [-0.25, -0.2) is 0 Å². The number of benzene rings is 1. The standard InChI is InChI=1S/C25H42O3S/c1-3-4-5-6-7-8-9-11-14-23-21-24(23)15-12-10-13-20-28-29(26,27)25-18-16-22(2)17-19-25/h16-19,23-24H,3-15,20-21H2,1-2H3/t23-,24+/m1/s1. The molecule has 0 saturated heterocycles. The molecule has 1 aromatic rings. The van der Waals surface area contributed by atoms with Gasteiger partial charge in [0.2, 0.25) is 0 Å². The molecule has 1 aliphatic carbocycles. The minimum atomic E-state index is -3.60. The molecule has 1 fully saturated rings. The summed E-state index contributed by atoms with van der Waals surface area (Å²) in [6, 6.07) is 6.83. The predicted molar refractivity (Wildman–Crippen MR) is 122 cm³/mol. The highest BCUT2D eigenvalue weighted by Crippen LogP contribution is 2.45. The molecule has 3 nitrogen and oxygen atoms in total. The summed E-state index contributed by atoms with van der Waals surface area (Å²) in [5, 5.41) is 0. The molecule has 29 heavy (non-hydrogen) atoms. The molecule has 4 heteroatoms. The molecule has 1 saturated carbocycles. The van der Waals surface area contributed by atoms with Crippen LogP contribution in [0.4, 0.5) is 0 Å². The summed E-state index contributed by atoms with van der Waals surface area (Å²) in [4.78, 5) is 0.255. The van der Waals surface area contributed by atoms with Crippen molar-refractivity contribution in [2.75, 3.05) is 6.61 Å². The lowest BCUT2D eigenvalue weighted by atomic mass is 10.0. The van der Waals surface area contributed by atoms with Crippen molar-refractivity contribution in [2.24, 2.45) is 11.8 Å². The summed E-state index contributed by atoms with van der Waals surface area (Å²) < 4.78 is 29.4. The summed E-state index contributed by atoms with van der Waals surface area (Å²) in [5.74, 6) is 1.92. The van der Waals surface area contributed by atoms with E-state index in [9.17, 15) is 8.42 Å². The highest BCUT2D eigenvalue weighted by Gasteiger charge is 2.35. The molecule has 0 N–H and O–H groups in total. The van der Waals surface area contributed by atoms with Crippen LogP contribution in [0.1, 0.15) is 102 Å². The molecule has 0 bridgehead atoms. The van der Waals surface area contributed by atoms with Crippen LogP contribution >= 0.6 is 0 Å². The first-order chi connectivity index (χ1) is 14.0. The largest absolute Gasteiger partial charge is 0.296 e. The van der Waals surface area contributed by atoms with Crippen molar-refractivity contribution in [3.05, 3.63) is 29.8 Å². The number of hydrogen-bond donors (Lipinski definition) is 0. The minimum Gasteiger partial charge on any atom is -0.266 e. The number of aryl methyl sites for hydroxylation is 1. The van der Waals surface area contributed by atoms with Gasteiger partial charge in [0.1, 0.15) is 0 Å². The van der Waals surface area contributed by atoms with E-state index in [0.29, 0.717) is 6.61 Å². The van der Waals surface area contributed by atoms with Crippen LogP contribution in [-0.2, 0) is 14.3 Å². The lowest BCUT2D eigenvalue weighted by Gasteiger charge is -2.06. The molecular formula is C25H42O3S. The average molecular weight is 423 g/mol. The van der Waals surface area contributed by atoms with Crippen LogP contribution in [0, 0.1) is 18.8 Å². The summed E-state index contributed by atoms with van der Waals surface area (Å²) in [6.45, 7) is 4.51. The first kappa shape index (κ1) is 24.4. The normalized spacial score (nSPS) is 18.8. The molecule has 0 amide bonds. The van der Waals surface area contributed by atoms with Crippen molar-refractivity contribution in [3.8, 4) is 0 Å². The second-order valence-electron chi connectivity index (χ2n) is 8.96. The monoisotopic (exact) mass is 422 g/mol. The quantitative estimate of drug-likeness (QED) is 0.194. The van der Waals surface area contributed by atoms with E-state index in [0.717, 1.165) is 30.2 Å². The van der Waals surface area contributed by atoms with Crippen molar-refractivity contribution in [3.63, 3.8) is 0 Å². The Kier molecular flexibility index (Phi) is 11.3. The molecular weight excluding hydrogens is 380 g/mol. The van der Waals surface area contributed by atoms with Gasteiger partial charge in [-0.2, -0.15) is 8.42 Å². The van der Waals surface area contributed by atoms with Gasteiger partial charge < -0.3 is 0 Å². The Morgan fingerprint density at radius 3 is 1.90 bits per heavy atom. The smallest absolute Gasteiger partial charge is 0.266 e. The van der Waals surface area contributed by atoms with Crippen molar-refractivity contribution in [1.29, 1.82) is 0 Å². The first-order valence-corrected chi connectivity index (χ1v) is 13.4. The highest BCUT2D eigenvalue weighted by atomic mass is 32.2. The number of unbranched alkanes of at least 4 members (excludes halogenated alkanes) is 9. The molecule has 166 valence electrons. The Bertz CT molecular complexity index is 651. The summed E-state index contributed by atoms with van der Waals surface area (Å²) >= 11 is 0. The zero-order valence-corrected chi connectivity index (χ0v) is 19.5. The van der Waals surface area contributed by atoms with E-state index in [1.54, 1.807) is 24.3 Å². The van der Waals surface area contributed by atoms with Crippen LogP contribution in [0.25, 0.3) is 0 Å². The van der Waals surface area contributed by atoms with Gasteiger partial charge in [0, 0.05) is 0 Å². The Balaban J connectivity index is 1.41. The fourth-order valence-corrected chi connectivity index (χ4v) is 5.13. The molecule has 1 aliphatic rings. The third kappa shape index (κ3) is 10.1. The number of hydrogen-bond acceptors (Lipinski definition) is 3. The molecule has 0 aromatic heterocycles. The molecule has 0 unspecified atom stereocenters. The van der Waals surface area contributed by atoms with Crippen LogP contribution in [0.5, 0.6) is 0 Å².